The number of thiocarbonyl (C=S) groups is 1. The third kappa shape index (κ3) is 2.21. The van der Waals surface area contributed by atoms with E-state index in [1.165, 1.54) is 4.52 Å². The third-order valence-electron chi connectivity index (χ3n) is 3.02. The van der Waals surface area contributed by atoms with Gasteiger partial charge in [-0.05, 0) is 25.1 Å². The number of nitrogens with zero attached hydrogens (tertiary/aromatic N) is 3. The second-order valence-electron chi connectivity index (χ2n) is 4.44. The normalized spacial score (nSPS) is 11.0. The number of nitrogens with two attached hydrogens (primary N) is 1. The summed E-state index contributed by atoms with van der Waals surface area (Å²) >= 11 is 4.77. The Morgan fingerprint density at radius 3 is 2.91 bits per heavy atom. The molecule has 2 aromatic heterocycles. The summed E-state index contributed by atoms with van der Waals surface area (Å²) in [4.78, 5) is 31.9. The number of esters is 1. The number of imidazole rings is 1. The van der Waals surface area contributed by atoms with E-state index in [0.29, 0.717) is 16.6 Å². The van der Waals surface area contributed by atoms with E-state index in [0.717, 1.165) is 0 Å². The lowest BCUT2D eigenvalue weighted by Crippen LogP contribution is -2.26. The molecule has 0 amide bonds. The van der Waals surface area contributed by atoms with E-state index in [4.69, 9.17) is 22.7 Å². The molecule has 112 valence electrons. The number of benzene rings is 1. The predicted molar refractivity (Wildman–Crippen MR) is 83.0 cm³/mol. The lowest BCUT2D eigenvalue weighted by molar-refractivity contribution is 0.0526. The summed E-state index contributed by atoms with van der Waals surface area (Å²) in [6.45, 7) is 2.00. The molecule has 2 heterocycles. The molecule has 9 heteroatoms. The summed E-state index contributed by atoms with van der Waals surface area (Å²) in [6, 6.07) is 4.82. The highest BCUT2D eigenvalue weighted by Crippen LogP contribution is 2.16. The maximum absolute atomic E-state index is 11.9. The first-order chi connectivity index (χ1) is 10.5. The number of ether oxygens (including phenoxy) is 1. The fraction of sp³-hybridized carbons (Fsp3) is 0.154. The van der Waals surface area contributed by atoms with Crippen molar-refractivity contribution >= 4 is 40.0 Å². The molecule has 0 saturated heterocycles. The lowest BCUT2D eigenvalue weighted by Gasteiger charge is -2.02. The second-order valence-corrected chi connectivity index (χ2v) is 4.88. The van der Waals surface area contributed by atoms with Crippen molar-refractivity contribution in [3.63, 3.8) is 0 Å². The van der Waals surface area contributed by atoms with E-state index in [1.807, 2.05) is 0 Å². The van der Waals surface area contributed by atoms with Crippen molar-refractivity contribution in [2.75, 3.05) is 6.61 Å². The van der Waals surface area contributed by atoms with E-state index in [2.05, 4.69) is 15.1 Å². The van der Waals surface area contributed by atoms with Crippen molar-refractivity contribution in [2.45, 2.75) is 6.92 Å². The summed E-state index contributed by atoms with van der Waals surface area (Å²) < 4.78 is 6.33. The Hall–Kier alpha value is -2.81. The van der Waals surface area contributed by atoms with Gasteiger partial charge in [-0.1, -0.05) is 12.2 Å². The Labute approximate surface area is 128 Å². The SMILES string of the molecule is CCOC(=O)c1ccc2nc3nc(C(N)=S)c(=O)[nH]n3c2c1. The largest absolute Gasteiger partial charge is 0.462 e. The standard InChI is InChI=1S/C13H11N5O3S/c1-2-21-12(20)6-3-4-7-8(5-6)18-13(15-7)16-9(10(14)22)11(19)17-18/h3-5H,2H2,1H3,(H2,14,22)(H,17,19). The van der Waals surface area contributed by atoms with Crippen LogP contribution in [0.1, 0.15) is 23.0 Å². The molecule has 0 aliphatic carbocycles. The maximum Gasteiger partial charge on any atom is 0.338 e. The number of hydrogen-bond donors (Lipinski definition) is 2. The van der Waals surface area contributed by atoms with Gasteiger partial charge in [0.2, 0.25) is 0 Å². The number of rotatable bonds is 3. The van der Waals surface area contributed by atoms with Crippen LogP contribution in [0.2, 0.25) is 0 Å². The number of aromatic nitrogens is 4. The van der Waals surface area contributed by atoms with Crippen LogP contribution in [0.5, 0.6) is 0 Å². The predicted octanol–water partition coefficient (Wildman–Crippen LogP) is 0.382. The van der Waals surface area contributed by atoms with Crippen LogP contribution in [0.3, 0.4) is 0 Å². The van der Waals surface area contributed by atoms with Crippen molar-refractivity contribution in [2.24, 2.45) is 5.73 Å². The minimum Gasteiger partial charge on any atom is -0.462 e. The maximum atomic E-state index is 11.9. The van der Waals surface area contributed by atoms with Gasteiger partial charge in [-0.25, -0.2) is 19.3 Å². The molecule has 0 bridgehead atoms. The van der Waals surface area contributed by atoms with Crippen molar-refractivity contribution < 1.29 is 9.53 Å². The Morgan fingerprint density at radius 2 is 2.23 bits per heavy atom. The van der Waals surface area contributed by atoms with E-state index >= 15 is 0 Å². The summed E-state index contributed by atoms with van der Waals surface area (Å²) in [7, 11) is 0. The van der Waals surface area contributed by atoms with Crippen molar-refractivity contribution in [1.29, 1.82) is 0 Å². The molecular formula is C13H11N5O3S. The first-order valence-corrected chi connectivity index (χ1v) is 6.81. The Balaban J connectivity index is 2.26. The molecule has 0 atom stereocenters. The van der Waals surface area contributed by atoms with Crippen molar-refractivity contribution in [1.82, 2.24) is 19.6 Å². The number of carbonyl (C=O) groups excluding carboxylic acids is 1. The minimum atomic E-state index is -0.527. The number of carbonyl (C=O) groups is 1. The molecule has 22 heavy (non-hydrogen) atoms. The molecule has 0 fully saturated rings. The van der Waals surface area contributed by atoms with Crippen LogP contribution >= 0.6 is 12.2 Å². The zero-order valence-electron chi connectivity index (χ0n) is 11.5. The van der Waals surface area contributed by atoms with Crippen LogP contribution in [0.4, 0.5) is 0 Å². The number of nitrogens with one attached hydrogen (secondary N) is 1. The summed E-state index contributed by atoms with van der Waals surface area (Å²) in [5, 5.41) is 2.58. The molecule has 8 nitrogen and oxygen atoms in total. The average Bonchev–Trinajstić information content (AvgIpc) is 2.83. The highest BCUT2D eigenvalue weighted by molar-refractivity contribution is 7.80. The van der Waals surface area contributed by atoms with E-state index in [9.17, 15) is 9.59 Å². The van der Waals surface area contributed by atoms with Gasteiger partial charge in [0.1, 0.15) is 4.99 Å². The number of aromatic amines is 1. The van der Waals surface area contributed by atoms with Gasteiger partial charge >= 0.3 is 5.97 Å². The number of H-pyrrole nitrogens is 1. The van der Waals surface area contributed by atoms with Gasteiger partial charge in [0.05, 0.1) is 23.2 Å². The van der Waals surface area contributed by atoms with Gasteiger partial charge in [0.25, 0.3) is 11.3 Å². The molecule has 3 aromatic rings. The topological polar surface area (TPSA) is 115 Å². The molecular weight excluding hydrogens is 306 g/mol. The second kappa shape index (κ2) is 5.19. The van der Waals surface area contributed by atoms with Crippen molar-refractivity contribution in [3.05, 3.63) is 39.8 Å². The molecule has 3 N–H and O–H groups in total. The van der Waals surface area contributed by atoms with E-state index in [-0.39, 0.29) is 23.1 Å². The van der Waals surface area contributed by atoms with Crippen LogP contribution in [0.15, 0.2) is 23.0 Å². The molecule has 0 unspecified atom stereocenters. The lowest BCUT2D eigenvalue weighted by atomic mass is 10.2. The molecule has 0 aliphatic rings. The van der Waals surface area contributed by atoms with Gasteiger partial charge in [0, 0.05) is 0 Å². The molecule has 0 radical (unpaired) electrons. The third-order valence-corrected chi connectivity index (χ3v) is 3.21. The highest BCUT2D eigenvalue weighted by Gasteiger charge is 2.14. The monoisotopic (exact) mass is 317 g/mol. The number of fused-ring (bicyclic) bond motifs is 3. The molecule has 1 aromatic carbocycles. The van der Waals surface area contributed by atoms with Crippen molar-refractivity contribution in [3.8, 4) is 0 Å². The smallest absolute Gasteiger partial charge is 0.338 e. The fourth-order valence-electron chi connectivity index (χ4n) is 2.06. The molecule has 0 spiro atoms. The zero-order valence-corrected chi connectivity index (χ0v) is 12.3. The van der Waals surface area contributed by atoms with Gasteiger partial charge in [-0.15, -0.1) is 0 Å². The van der Waals surface area contributed by atoms with Crippen LogP contribution in [0, 0.1) is 0 Å². The van der Waals surface area contributed by atoms with E-state index < -0.39 is 11.5 Å². The van der Waals surface area contributed by atoms with Crippen LogP contribution in [-0.4, -0.2) is 37.1 Å². The van der Waals surface area contributed by atoms with Crippen LogP contribution in [-0.2, 0) is 4.74 Å². The Kier molecular flexibility index (Phi) is 3.33. The van der Waals surface area contributed by atoms with Gasteiger partial charge in [0.15, 0.2) is 5.69 Å². The summed E-state index contributed by atoms with van der Waals surface area (Å²) in [5.41, 5.74) is 6.32. The Morgan fingerprint density at radius 1 is 1.45 bits per heavy atom. The quantitative estimate of drug-likeness (QED) is 0.530. The fourth-order valence-corrected chi connectivity index (χ4v) is 2.20. The minimum absolute atomic E-state index is 0.0524. The first kappa shape index (κ1) is 14.1. The highest BCUT2D eigenvalue weighted by atomic mass is 32.1. The first-order valence-electron chi connectivity index (χ1n) is 6.40. The number of hydrogen-bond acceptors (Lipinski definition) is 6. The summed E-state index contributed by atoms with van der Waals surface area (Å²) in [5.74, 6) is -0.215. The molecule has 3 rings (SSSR count). The van der Waals surface area contributed by atoms with Gasteiger partial charge in [-0.2, -0.15) is 0 Å². The van der Waals surface area contributed by atoms with E-state index in [1.54, 1.807) is 25.1 Å². The van der Waals surface area contributed by atoms with Gasteiger partial charge < -0.3 is 10.5 Å². The zero-order chi connectivity index (χ0) is 15.9. The average molecular weight is 317 g/mol. The van der Waals surface area contributed by atoms with Crippen LogP contribution in [0.25, 0.3) is 16.8 Å². The Bertz CT molecular complexity index is 975. The van der Waals surface area contributed by atoms with Crippen LogP contribution < -0.4 is 11.3 Å². The van der Waals surface area contributed by atoms with Gasteiger partial charge in [-0.3, -0.25) is 9.89 Å². The molecule has 0 aliphatic heterocycles. The summed E-state index contributed by atoms with van der Waals surface area (Å²) in [6.07, 6.45) is 0. The molecule has 0 saturated carbocycles.